The van der Waals surface area contributed by atoms with Crippen LogP contribution in [0.15, 0.2) is 18.2 Å². The van der Waals surface area contributed by atoms with Gasteiger partial charge in [-0.3, -0.25) is 0 Å². The molecule has 1 aromatic heterocycles. The zero-order valence-corrected chi connectivity index (χ0v) is 10.3. The van der Waals surface area contributed by atoms with E-state index in [1.807, 2.05) is 6.92 Å². The molecule has 1 aromatic carbocycles. The largest absolute Gasteiger partial charge is 0.496 e. The van der Waals surface area contributed by atoms with Crippen molar-refractivity contribution in [3.05, 3.63) is 35.3 Å². The molecule has 2 aromatic rings. The monoisotopic (exact) mass is 249 g/mol. The van der Waals surface area contributed by atoms with Gasteiger partial charge in [-0.05, 0) is 18.6 Å². The van der Waals surface area contributed by atoms with E-state index in [1.165, 1.54) is 26.4 Å². The molecule has 0 fully saturated rings. The van der Waals surface area contributed by atoms with Crippen molar-refractivity contribution in [2.45, 2.75) is 6.92 Å². The summed E-state index contributed by atoms with van der Waals surface area (Å²) in [4.78, 5) is 15.4. The van der Waals surface area contributed by atoms with Crippen LogP contribution in [0.1, 0.15) is 16.1 Å². The number of hydrogen-bond acceptors (Lipinski definition) is 4. The van der Waals surface area contributed by atoms with Crippen molar-refractivity contribution >= 4 is 16.9 Å². The summed E-state index contributed by atoms with van der Waals surface area (Å²) in [6, 6.07) is 4.39. The van der Waals surface area contributed by atoms with Crippen molar-refractivity contribution in [1.29, 1.82) is 0 Å². The Morgan fingerprint density at radius 2 is 2.06 bits per heavy atom. The maximum atomic E-state index is 13.8. The molecule has 0 aliphatic heterocycles. The fourth-order valence-corrected chi connectivity index (χ4v) is 1.81. The molecule has 0 saturated carbocycles. The van der Waals surface area contributed by atoms with Gasteiger partial charge in [0.2, 0.25) is 0 Å². The highest BCUT2D eigenvalue weighted by Crippen LogP contribution is 2.30. The SMILES string of the molecule is COC(=O)c1cc(OC)c2c(C)ccc(F)c2n1. The van der Waals surface area contributed by atoms with Crippen LogP contribution in [0.4, 0.5) is 4.39 Å². The van der Waals surface area contributed by atoms with E-state index in [9.17, 15) is 9.18 Å². The average Bonchev–Trinajstić information content (AvgIpc) is 2.40. The summed E-state index contributed by atoms with van der Waals surface area (Å²) in [5, 5.41) is 0.560. The number of methoxy groups -OCH3 is 2. The van der Waals surface area contributed by atoms with Gasteiger partial charge in [0.15, 0.2) is 5.69 Å². The second kappa shape index (κ2) is 4.60. The van der Waals surface area contributed by atoms with Gasteiger partial charge >= 0.3 is 5.97 Å². The predicted octanol–water partition coefficient (Wildman–Crippen LogP) is 2.48. The molecule has 18 heavy (non-hydrogen) atoms. The molecule has 0 aliphatic rings. The van der Waals surface area contributed by atoms with Crippen molar-refractivity contribution in [2.75, 3.05) is 14.2 Å². The smallest absolute Gasteiger partial charge is 0.356 e. The Morgan fingerprint density at radius 1 is 1.33 bits per heavy atom. The summed E-state index contributed by atoms with van der Waals surface area (Å²) in [7, 11) is 2.70. The standard InChI is InChI=1S/C13H12FNO3/c1-7-4-5-8(14)12-11(7)10(17-2)6-9(15-12)13(16)18-3/h4-6H,1-3H3. The molecule has 5 heteroatoms. The molecular weight excluding hydrogens is 237 g/mol. The first-order valence-corrected chi connectivity index (χ1v) is 5.30. The fourth-order valence-electron chi connectivity index (χ4n) is 1.81. The number of carbonyl (C=O) groups excluding carboxylic acids is 1. The van der Waals surface area contributed by atoms with E-state index in [0.717, 1.165) is 5.56 Å². The van der Waals surface area contributed by atoms with Crippen molar-refractivity contribution in [3.8, 4) is 5.75 Å². The summed E-state index contributed by atoms with van der Waals surface area (Å²) >= 11 is 0. The molecule has 1 heterocycles. The number of esters is 1. The fraction of sp³-hybridized carbons (Fsp3) is 0.231. The molecule has 0 atom stereocenters. The number of benzene rings is 1. The lowest BCUT2D eigenvalue weighted by Gasteiger charge is -2.10. The van der Waals surface area contributed by atoms with Crippen LogP contribution in [-0.4, -0.2) is 25.2 Å². The van der Waals surface area contributed by atoms with Crippen LogP contribution in [-0.2, 0) is 4.74 Å². The van der Waals surface area contributed by atoms with Gasteiger partial charge in [-0.15, -0.1) is 0 Å². The molecule has 0 spiro atoms. The second-order valence-electron chi connectivity index (χ2n) is 3.79. The number of carbonyl (C=O) groups is 1. The molecule has 0 radical (unpaired) electrons. The van der Waals surface area contributed by atoms with Crippen molar-refractivity contribution in [3.63, 3.8) is 0 Å². The zero-order valence-electron chi connectivity index (χ0n) is 10.3. The molecule has 2 rings (SSSR count). The maximum absolute atomic E-state index is 13.8. The first-order chi connectivity index (χ1) is 8.58. The van der Waals surface area contributed by atoms with E-state index in [0.29, 0.717) is 11.1 Å². The number of aromatic nitrogens is 1. The molecule has 0 saturated heterocycles. The van der Waals surface area contributed by atoms with E-state index in [4.69, 9.17) is 4.74 Å². The maximum Gasteiger partial charge on any atom is 0.356 e. The van der Waals surface area contributed by atoms with Crippen molar-refractivity contribution < 1.29 is 18.7 Å². The molecular formula is C13H12FNO3. The summed E-state index contributed by atoms with van der Waals surface area (Å²) < 4.78 is 23.5. The van der Waals surface area contributed by atoms with Gasteiger partial charge in [-0.2, -0.15) is 0 Å². The van der Waals surface area contributed by atoms with Gasteiger partial charge in [-0.1, -0.05) is 6.07 Å². The van der Waals surface area contributed by atoms with Gasteiger partial charge < -0.3 is 9.47 Å². The second-order valence-corrected chi connectivity index (χ2v) is 3.79. The summed E-state index contributed by atoms with van der Waals surface area (Å²) in [5.74, 6) is -0.729. The minimum Gasteiger partial charge on any atom is -0.496 e. The van der Waals surface area contributed by atoms with E-state index in [-0.39, 0.29) is 11.2 Å². The molecule has 94 valence electrons. The average molecular weight is 249 g/mol. The van der Waals surface area contributed by atoms with Gasteiger partial charge in [0.1, 0.15) is 17.1 Å². The Labute approximate surface area is 103 Å². The number of pyridine rings is 1. The van der Waals surface area contributed by atoms with Crippen LogP contribution in [0.2, 0.25) is 0 Å². The highest BCUT2D eigenvalue weighted by Gasteiger charge is 2.16. The normalized spacial score (nSPS) is 10.4. The van der Waals surface area contributed by atoms with E-state index < -0.39 is 11.8 Å². The number of hydrogen-bond donors (Lipinski definition) is 0. The van der Waals surface area contributed by atoms with Crippen LogP contribution in [0, 0.1) is 12.7 Å². The Hall–Kier alpha value is -2.17. The Kier molecular flexibility index (Phi) is 3.14. The molecule has 0 bridgehead atoms. The molecule has 0 unspecified atom stereocenters. The van der Waals surface area contributed by atoms with Crippen LogP contribution in [0.5, 0.6) is 5.75 Å². The lowest BCUT2D eigenvalue weighted by molar-refractivity contribution is 0.0594. The van der Waals surface area contributed by atoms with Crippen LogP contribution in [0.3, 0.4) is 0 Å². The van der Waals surface area contributed by atoms with Crippen molar-refractivity contribution in [2.24, 2.45) is 0 Å². The molecule has 4 nitrogen and oxygen atoms in total. The Bertz CT molecular complexity index is 625. The van der Waals surface area contributed by atoms with Crippen molar-refractivity contribution in [1.82, 2.24) is 4.98 Å². The third-order valence-electron chi connectivity index (χ3n) is 2.70. The first-order valence-electron chi connectivity index (χ1n) is 5.30. The Balaban J connectivity index is 2.83. The minimum atomic E-state index is -0.629. The number of fused-ring (bicyclic) bond motifs is 1. The van der Waals surface area contributed by atoms with Gasteiger partial charge in [0, 0.05) is 11.5 Å². The lowest BCUT2D eigenvalue weighted by Crippen LogP contribution is -2.06. The summed E-state index contributed by atoms with van der Waals surface area (Å²) in [6.07, 6.45) is 0. The summed E-state index contributed by atoms with van der Waals surface area (Å²) in [5.41, 5.74) is 0.952. The van der Waals surface area contributed by atoms with Crippen LogP contribution >= 0.6 is 0 Å². The number of nitrogens with zero attached hydrogens (tertiary/aromatic N) is 1. The quantitative estimate of drug-likeness (QED) is 0.767. The highest BCUT2D eigenvalue weighted by atomic mass is 19.1. The van der Waals surface area contributed by atoms with Crippen LogP contribution in [0.25, 0.3) is 10.9 Å². The number of rotatable bonds is 2. The highest BCUT2D eigenvalue weighted by molar-refractivity contribution is 5.95. The van der Waals surface area contributed by atoms with E-state index in [1.54, 1.807) is 6.07 Å². The Morgan fingerprint density at radius 3 is 2.67 bits per heavy atom. The summed E-state index contributed by atoms with van der Waals surface area (Å²) in [6.45, 7) is 1.82. The molecule has 0 aliphatic carbocycles. The number of ether oxygens (including phenoxy) is 2. The third-order valence-corrected chi connectivity index (χ3v) is 2.70. The van der Waals surface area contributed by atoms with Gasteiger partial charge in [-0.25, -0.2) is 14.2 Å². The third kappa shape index (κ3) is 1.88. The minimum absolute atomic E-state index is 0.0198. The van der Waals surface area contributed by atoms with Crippen LogP contribution < -0.4 is 4.74 Å². The molecule has 0 N–H and O–H groups in total. The van der Waals surface area contributed by atoms with Gasteiger partial charge in [0.05, 0.1) is 14.2 Å². The first kappa shape index (κ1) is 12.3. The zero-order chi connectivity index (χ0) is 13.3. The number of aryl methyl sites for hydroxylation is 1. The van der Waals surface area contributed by atoms with E-state index in [2.05, 4.69) is 9.72 Å². The molecule has 0 amide bonds. The predicted molar refractivity (Wildman–Crippen MR) is 64.3 cm³/mol. The van der Waals surface area contributed by atoms with Gasteiger partial charge in [0.25, 0.3) is 0 Å². The van der Waals surface area contributed by atoms with E-state index >= 15 is 0 Å². The topological polar surface area (TPSA) is 48.4 Å². The number of halogens is 1. The lowest BCUT2D eigenvalue weighted by atomic mass is 10.1.